The van der Waals surface area contributed by atoms with Gasteiger partial charge in [-0.25, -0.2) is 18.4 Å². The lowest BCUT2D eigenvalue weighted by atomic mass is 9.81. The second kappa shape index (κ2) is 8.02. The summed E-state index contributed by atoms with van der Waals surface area (Å²) in [6.07, 6.45) is 2.82. The number of hydrogen-bond donors (Lipinski definition) is 1. The van der Waals surface area contributed by atoms with Gasteiger partial charge in [0.15, 0.2) is 5.82 Å². The topological polar surface area (TPSA) is 54.2 Å². The van der Waals surface area contributed by atoms with E-state index < -0.39 is 17.2 Å². The van der Waals surface area contributed by atoms with Crippen molar-refractivity contribution >= 4 is 0 Å². The molecule has 7 heteroatoms. The predicted molar refractivity (Wildman–Crippen MR) is 99.1 cm³/mol. The lowest BCUT2D eigenvalue weighted by Crippen LogP contribution is -2.52. The largest absolute Gasteiger partial charge is 0.383 e. The third kappa shape index (κ3) is 3.89. The molecule has 0 aliphatic carbocycles. The molecule has 0 fully saturated rings. The second-order valence-electron chi connectivity index (χ2n) is 7.32. The molecule has 2 aromatic rings. The number of halogens is 2. The molecule has 0 bridgehead atoms. The first-order valence-corrected chi connectivity index (χ1v) is 9.73. The Morgan fingerprint density at radius 2 is 2.04 bits per heavy atom. The van der Waals surface area contributed by atoms with Crippen LogP contribution in [-0.2, 0) is 25.1 Å². The van der Waals surface area contributed by atoms with Crippen molar-refractivity contribution in [3.8, 4) is 0 Å². The minimum atomic E-state index is -1.40. The van der Waals surface area contributed by atoms with E-state index in [1.807, 2.05) is 25.5 Å². The SMILES string of the molecule is CCCCC(O)(c1ccc(F)cc1F)C(C)N1CCn2nc(CC)nc2C1. The summed E-state index contributed by atoms with van der Waals surface area (Å²) in [6, 6.07) is 3.08. The van der Waals surface area contributed by atoms with Gasteiger partial charge in [0.1, 0.15) is 23.1 Å². The minimum Gasteiger partial charge on any atom is -0.383 e. The third-order valence-corrected chi connectivity index (χ3v) is 5.60. The number of fused-ring (bicyclic) bond motifs is 1. The number of unbranched alkanes of at least 4 members (excludes halogenated alkanes) is 1. The van der Waals surface area contributed by atoms with Crippen LogP contribution in [0.5, 0.6) is 0 Å². The number of nitrogens with zero attached hydrogens (tertiary/aromatic N) is 4. The van der Waals surface area contributed by atoms with Gasteiger partial charge in [-0.1, -0.05) is 32.8 Å². The van der Waals surface area contributed by atoms with Crippen molar-refractivity contribution in [3.63, 3.8) is 0 Å². The minimum absolute atomic E-state index is 0.158. The van der Waals surface area contributed by atoms with Crippen LogP contribution in [-0.4, -0.2) is 37.4 Å². The highest BCUT2D eigenvalue weighted by molar-refractivity contribution is 5.27. The Labute approximate surface area is 159 Å². The molecule has 1 aliphatic heterocycles. The van der Waals surface area contributed by atoms with Gasteiger partial charge in [-0.3, -0.25) is 4.90 Å². The van der Waals surface area contributed by atoms with E-state index in [1.54, 1.807) is 0 Å². The van der Waals surface area contributed by atoms with Crippen molar-refractivity contribution in [1.29, 1.82) is 0 Å². The van der Waals surface area contributed by atoms with Crippen molar-refractivity contribution in [1.82, 2.24) is 19.7 Å². The summed E-state index contributed by atoms with van der Waals surface area (Å²) in [5.41, 5.74) is -1.24. The van der Waals surface area contributed by atoms with Crippen molar-refractivity contribution < 1.29 is 13.9 Å². The normalized spacial score (nSPS) is 18.1. The first-order valence-electron chi connectivity index (χ1n) is 9.73. The second-order valence-corrected chi connectivity index (χ2v) is 7.32. The molecule has 0 spiro atoms. The zero-order chi connectivity index (χ0) is 19.6. The summed E-state index contributed by atoms with van der Waals surface area (Å²) < 4.78 is 29.8. The fraction of sp³-hybridized carbons (Fsp3) is 0.600. The average molecular weight is 378 g/mol. The number of aromatic nitrogens is 3. The molecule has 2 heterocycles. The summed E-state index contributed by atoms with van der Waals surface area (Å²) in [4.78, 5) is 6.67. The molecule has 148 valence electrons. The Hall–Kier alpha value is -1.86. The van der Waals surface area contributed by atoms with Crippen molar-refractivity contribution in [2.24, 2.45) is 0 Å². The molecule has 1 N–H and O–H groups in total. The molecule has 3 rings (SSSR count). The summed E-state index contributed by atoms with van der Waals surface area (Å²) in [6.45, 7) is 7.88. The van der Waals surface area contributed by atoms with Crippen molar-refractivity contribution in [3.05, 3.63) is 47.0 Å². The highest BCUT2D eigenvalue weighted by atomic mass is 19.1. The molecule has 27 heavy (non-hydrogen) atoms. The number of aliphatic hydroxyl groups is 1. The third-order valence-electron chi connectivity index (χ3n) is 5.60. The van der Waals surface area contributed by atoms with E-state index in [0.29, 0.717) is 26.1 Å². The molecular weight excluding hydrogens is 350 g/mol. The van der Waals surface area contributed by atoms with Gasteiger partial charge in [0, 0.05) is 30.6 Å². The molecule has 0 amide bonds. The van der Waals surface area contributed by atoms with Gasteiger partial charge in [0.2, 0.25) is 0 Å². The fourth-order valence-corrected chi connectivity index (χ4v) is 3.84. The molecule has 1 aliphatic rings. The molecular formula is C20H28F2N4O. The van der Waals surface area contributed by atoms with Crippen LogP contribution in [0.3, 0.4) is 0 Å². The summed E-state index contributed by atoms with van der Waals surface area (Å²) in [5.74, 6) is 0.335. The number of aryl methyl sites for hydroxylation is 1. The number of rotatable bonds is 7. The fourth-order valence-electron chi connectivity index (χ4n) is 3.84. The van der Waals surface area contributed by atoms with Crippen LogP contribution in [0.25, 0.3) is 0 Å². The Bertz CT molecular complexity index is 794. The maximum Gasteiger partial charge on any atom is 0.150 e. The maximum absolute atomic E-state index is 14.5. The van der Waals surface area contributed by atoms with Gasteiger partial charge in [0.05, 0.1) is 13.1 Å². The van der Waals surface area contributed by atoms with E-state index in [9.17, 15) is 13.9 Å². The number of hydrogen-bond acceptors (Lipinski definition) is 4. The van der Waals surface area contributed by atoms with Gasteiger partial charge in [-0.15, -0.1) is 0 Å². The standard InChI is InChI=1S/C20H28F2N4O/c1-4-6-9-20(27,16-8-7-15(21)12-17(16)22)14(3)25-10-11-26-19(13-25)23-18(5-2)24-26/h7-8,12,14,27H,4-6,9-11,13H2,1-3H3. The molecule has 0 saturated carbocycles. The highest BCUT2D eigenvalue weighted by Crippen LogP contribution is 2.36. The monoisotopic (exact) mass is 378 g/mol. The van der Waals surface area contributed by atoms with Crippen LogP contribution in [0.15, 0.2) is 18.2 Å². The van der Waals surface area contributed by atoms with E-state index in [-0.39, 0.29) is 11.6 Å². The van der Waals surface area contributed by atoms with Crippen LogP contribution in [0.1, 0.15) is 57.2 Å². The van der Waals surface area contributed by atoms with Crippen LogP contribution in [0.2, 0.25) is 0 Å². The quantitative estimate of drug-likeness (QED) is 0.802. The zero-order valence-corrected chi connectivity index (χ0v) is 16.3. The molecule has 0 radical (unpaired) electrons. The molecule has 2 unspecified atom stereocenters. The van der Waals surface area contributed by atoms with Crippen LogP contribution < -0.4 is 0 Å². The van der Waals surface area contributed by atoms with Gasteiger partial charge >= 0.3 is 0 Å². The highest BCUT2D eigenvalue weighted by Gasteiger charge is 2.41. The van der Waals surface area contributed by atoms with Crippen LogP contribution >= 0.6 is 0 Å². The average Bonchev–Trinajstić information content (AvgIpc) is 3.07. The van der Waals surface area contributed by atoms with Crippen LogP contribution in [0.4, 0.5) is 8.78 Å². The Morgan fingerprint density at radius 3 is 2.70 bits per heavy atom. The first kappa shape index (κ1) is 19.9. The van der Waals surface area contributed by atoms with E-state index in [4.69, 9.17) is 0 Å². The Balaban J connectivity index is 1.90. The lowest BCUT2D eigenvalue weighted by Gasteiger charge is -2.43. The molecule has 1 aromatic carbocycles. The first-order chi connectivity index (χ1) is 12.9. The lowest BCUT2D eigenvalue weighted by molar-refractivity contribution is -0.0647. The van der Waals surface area contributed by atoms with E-state index in [0.717, 1.165) is 37.0 Å². The molecule has 1 aromatic heterocycles. The van der Waals surface area contributed by atoms with Gasteiger partial charge < -0.3 is 5.11 Å². The summed E-state index contributed by atoms with van der Waals surface area (Å²) in [5, 5.41) is 16.0. The van der Waals surface area contributed by atoms with E-state index in [2.05, 4.69) is 15.0 Å². The number of benzene rings is 1. The van der Waals surface area contributed by atoms with Gasteiger partial charge in [-0.05, 0) is 19.4 Å². The summed E-state index contributed by atoms with van der Waals surface area (Å²) >= 11 is 0. The van der Waals surface area contributed by atoms with E-state index >= 15 is 0 Å². The molecule has 5 nitrogen and oxygen atoms in total. The van der Waals surface area contributed by atoms with Gasteiger partial charge in [-0.2, -0.15) is 5.10 Å². The van der Waals surface area contributed by atoms with Crippen molar-refractivity contribution in [2.45, 2.75) is 71.2 Å². The Morgan fingerprint density at radius 1 is 1.26 bits per heavy atom. The predicted octanol–water partition coefficient (Wildman–Crippen LogP) is 3.40. The van der Waals surface area contributed by atoms with Crippen molar-refractivity contribution in [2.75, 3.05) is 6.54 Å². The van der Waals surface area contributed by atoms with E-state index in [1.165, 1.54) is 12.1 Å². The maximum atomic E-state index is 14.5. The summed E-state index contributed by atoms with van der Waals surface area (Å²) in [7, 11) is 0. The Kier molecular flexibility index (Phi) is 5.91. The zero-order valence-electron chi connectivity index (χ0n) is 16.3. The molecule has 2 atom stereocenters. The van der Waals surface area contributed by atoms with Crippen LogP contribution in [0, 0.1) is 11.6 Å². The molecule has 0 saturated heterocycles. The smallest absolute Gasteiger partial charge is 0.150 e. The van der Waals surface area contributed by atoms with Gasteiger partial charge in [0.25, 0.3) is 0 Å².